The lowest BCUT2D eigenvalue weighted by atomic mass is 10.2. The van der Waals surface area contributed by atoms with Gasteiger partial charge in [0.1, 0.15) is 0 Å². The van der Waals surface area contributed by atoms with Gasteiger partial charge in [-0.25, -0.2) is 0 Å². The zero-order valence-corrected chi connectivity index (χ0v) is 7.96. The molecule has 0 radical (unpaired) electrons. The van der Waals surface area contributed by atoms with E-state index in [9.17, 15) is 0 Å². The molecule has 1 aliphatic heterocycles. The number of nitrogens with zero attached hydrogens (tertiary/aromatic N) is 1. The molecule has 0 amide bonds. The zero-order chi connectivity index (χ0) is 8.81. The third kappa shape index (κ3) is 3.52. The first-order valence-electron chi connectivity index (χ1n) is 4.83. The summed E-state index contributed by atoms with van der Waals surface area (Å²) in [4.78, 5) is 2.46. The minimum atomic E-state index is 0.635. The van der Waals surface area contributed by atoms with Crippen molar-refractivity contribution >= 4 is 0 Å². The third-order valence-electron chi connectivity index (χ3n) is 2.32. The van der Waals surface area contributed by atoms with Crippen molar-refractivity contribution in [2.24, 2.45) is 11.7 Å². The monoisotopic (exact) mass is 172 g/mol. The van der Waals surface area contributed by atoms with Crippen molar-refractivity contribution < 1.29 is 4.74 Å². The fraction of sp³-hybridized carbons (Fsp3) is 1.00. The molecule has 0 spiro atoms. The van der Waals surface area contributed by atoms with Crippen LogP contribution in [0, 0.1) is 5.92 Å². The lowest BCUT2D eigenvalue weighted by molar-refractivity contribution is 0.116. The minimum absolute atomic E-state index is 0.635. The number of likely N-dealkylation sites (tertiary alicyclic amines) is 1. The fourth-order valence-corrected chi connectivity index (χ4v) is 1.61. The van der Waals surface area contributed by atoms with E-state index < -0.39 is 0 Å². The van der Waals surface area contributed by atoms with Gasteiger partial charge in [0, 0.05) is 19.6 Å². The maximum absolute atomic E-state index is 5.31. The summed E-state index contributed by atoms with van der Waals surface area (Å²) < 4.78 is 5.31. The molecule has 1 rings (SSSR count). The molecular formula is C9H20N2O. The smallest absolute Gasteiger partial charge is 0.0594 e. The van der Waals surface area contributed by atoms with Crippen LogP contribution >= 0.6 is 0 Å². The van der Waals surface area contributed by atoms with Gasteiger partial charge in [-0.3, -0.25) is 0 Å². The molecule has 12 heavy (non-hydrogen) atoms. The van der Waals surface area contributed by atoms with Gasteiger partial charge in [0.05, 0.1) is 13.2 Å². The number of hydrogen-bond donors (Lipinski definition) is 1. The third-order valence-corrected chi connectivity index (χ3v) is 2.32. The van der Waals surface area contributed by atoms with E-state index >= 15 is 0 Å². The van der Waals surface area contributed by atoms with E-state index in [-0.39, 0.29) is 0 Å². The van der Waals surface area contributed by atoms with Crippen LogP contribution in [0.2, 0.25) is 0 Å². The second-order valence-electron chi connectivity index (χ2n) is 3.60. The van der Waals surface area contributed by atoms with Crippen LogP contribution in [0.25, 0.3) is 0 Å². The number of ether oxygens (including phenoxy) is 1. The van der Waals surface area contributed by atoms with Crippen molar-refractivity contribution in [3.63, 3.8) is 0 Å². The molecule has 72 valence electrons. The average Bonchev–Trinajstić information content (AvgIpc) is 2.45. The normalized spacial score (nSPS) is 25.0. The van der Waals surface area contributed by atoms with E-state index in [1.165, 1.54) is 19.5 Å². The van der Waals surface area contributed by atoms with Crippen molar-refractivity contribution in [1.29, 1.82) is 0 Å². The summed E-state index contributed by atoms with van der Waals surface area (Å²) in [5.41, 5.74) is 5.31. The van der Waals surface area contributed by atoms with Gasteiger partial charge < -0.3 is 15.4 Å². The van der Waals surface area contributed by atoms with Crippen LogP contribution < -0.4 is 5.73 Å². The van der Waals surface area contributed by atoms with E-state index in [0.717, 1.165) is 19.1 Å². The molecule has 0 bridgehead atoms. The molecule has 3 heteroatoms. The topological polar surface area (TPSA) is 38.5 Å². The molecule has 3 nitrogen and oxygen atoms in total. The quantitative estimate of drug-likeness (QED) is 0.606. The molecule has 1 heterocycles. The Balaban J connectivity index is 1.93. The molecule has 2 N–H and O–H groups in total. The van der Waals surface area contributed by atoms with Crippen LogP contribution in [0.3, 0.4) is 0 Å². The van der Waals surface area contributed by atoms with Crippen molar-refractivity contribution in [3.05, 3.63) is 0 Å². The number of nitrogens with two attached hydrogens (primary N) is 1. The molecule has 1 saturated heterocycles. The molecule has 0 aromatic carbocycles. The number of rotatable bonds is 5. The first-order valence-corrected chi connectivity index (χ1v) is 4.83. The van der Waals surface area contributed by atoms with E-state index in [1.807, 2.05) is 0 Å². The Morgan fingerprint density at radius 3 is 2.92 bits per heavy atom. The highest BCUT2D eigenvalue weighted by Gasteiger charge is 2.17. The summed E-state index contributed by atoms with van der Waals surface area (Å²) >= 11 is 0. The average molecular weight is 172 g/mol. The summed E-state index contributed by atoms with van der Waals surface area (Å²) in [6, 6.07) is 0. The van der Waals surface area contributed by atoms with Gasteiger partial charge in [-0.05, 0) is 18.9 Å². The fourth-order valence-electron chi connectivity index (χ4n) is 1.61. The summed E-state index contributed by atoms with van der Waals surface area (Å²) in [6.07, 6.45) is 1.34. The van der Waals surface area contributed by atoms with E-state index in [2.05, 4.69) is 11.8 Å². The summed E-state index contributed by atoms with van der Waals surface area (Å²) in [5.74, 6) is 0.875. The minimum Gasteiger partial charge on any atom is -0.379 e. The van der Waals surface area contributed by atoms with E-state index in [0.29, 0.717) is 13.2 Å². The van der Waals surface area contributed by atoms with Gasteiger partial charge in [0.2, 0.25) is 0 Å². The maximum atomic E-state index is 5.31. The second kappa shape index (κ2) is 5.51. The Morgan fingerprint density at radius 2 is 2.33 bits per heavy atom. The van der Waals surface area contributed by atoms with Crippen molar-refractivity contribution in [2.75, 3.05) is 39.4 Å². The summed E-state index contributed by atoms with van der Waals surface area (Å²) in [6.45, 7) is 8.04. The van der Waals surface area contributed by atoms with Crippen molar-refractivity contribution in [1.82, 2.24) is 4.90 Å². The Bertz CT molecular complexity index is 119. The van der Waals surface area contributed by atoms with Gasteiger partial charge >= 0.3 is 0 Å². The number of hydrogen-bond acceptors (Lipinski definition) is 3. The molecule has 1 unspecified atom stereocenters. The highest BCUT2D eigenvalue weighted by molar-refractivity contribution is 4.71. The van der Waals surface area contributed by atoms with Gasteiger partial charge in [-0.15, -0.1) is 0 Å². The molecule has 1 fully saturated rings. The van der Waals surface area contributed by atoms with E-state index in [4.69, 9.17) is 10.5 Å². The first kappa shape index (κ1) is 9.96. The van der Waals surface area contributed by atoms with Crippen LogP contribution in [0.1, 0.15) is 13.3 Å². The van der Waals surface area contributed by atoms with Gasteiger partial charge in [0.25, 0.3) is 0 Å². The molecule has 0 saturated carbocycles. The summed E-state index contributed by atoms with van der Waals surface area (Å²) in [7, 11) is 0. The van der Waals surface area contributed by atoms with Crippen LogP contribution in [0.15, 0.2) is 0 Å². The second-order valence-corrected chi connectivity index (χ2v) is 3.60. The predicted octanol–water partition coefficient (Wildman–Crippen LogP) is 0.304. The predicted molar refractivity (Wildman–Crippen MR) is 50.1 cm³/mol. The van der Waals surface area contributed by atoms with Crippen LogP contribution in [0.5, 0.6) is 0 Å². The lowest BCUT2D eigenvalue weighted by Crippen LogP contribution is -2.25. The van der Waals surface area contributed by atoms with E-state index in [1.54, 1.807) is 0 Å². The lowest BCUT2D eigenvalue weighted by Gasteiger charge is -2.14. The van der Waals surface area contributed by atoms with Gasteiger partial charge in [0.15, 0.2) is 0 Å². The molecule has 1 atom stereocenters. The highest BCUT2D eigenvalue weighted by atomic mass is 16.5. The Hall–Kier alpha value is -0.120. The van der Waals surface area contributed by atoms with Gasteiger partial charge in [-0.1, -0.05) is 6.92 Å². The zero-order valence-electron chi connectivity index (χ0n) is 7.96. The highest BCUT2D eigenvalue weighted by Crippen LogP contribution is 2.13. The standard InChI is InChI=1S/C9H20N2O/c1-9-2-4-11(8-9)5-7-12-6-3-10/h9H,2-8,10H2,1H3. The molecular weight excluding hydrogens is 152 g/mol. The Kier molecular flexibility index (Phi) is 4.58. The Morgan fingerprint density at radius 1 is 1.50 bits per heavy atom. The SMILES string of the molecule is CC1CCN(CCOCCN)C1. The summed E-state index contributed by atoms with van der Waals surface area (Å²) in [5, 5.41) is 0. The molecule has 1 aliphatic rings. The molecule has 0 aromatic heterocycles. The molecule has 0 aliphatic carbocycles. The van der Waals surface area contributed by atoms with Crippen LogP contribution in [-0.4, -0.2) is 44.3 Å². The van der Waals surface area contributed by atoms with Gasteiger partial charge in [-0.2, -0.15) is 0 Å². The maximum Gasteiger partial charge on any atom is 0.0594 e. The first-order chi connectivity index (χ1) is 5.83. The van der Waals surface area contributed by atoms with Crippen molar-refractivity contribution in [2.45, 2.75) is 13.3 Å². The Labute approximate surface area is 74.9 Å². The van der Waals surface area contributed by atoms with Crippen molar-refractivity contribution in [3.8, 4) is 0 Å². The molecule has 0 aromatic rings. The van der Waals surface area contributed by atoms with Crippen LogP contribution in [-0.2, 0) is 4.74 Å². The van der Waals surface area contributed by atoms with Crippen LogP contribution in [0.4, 0.5) is 0 Å². The largest absolute Gasteiger partial charge is 0.379 e.